The van der Waals surface area contributed by atoms with Crippen LogP contribution in [0, 0.1) is 0 Å². The molecule has 4 heterocycles. The van der Waals surface area contributed by atoms with E-state index in [-0.39, 0.29) is 12.1 Å². The summed E-state index contributed by atoms with van der Waals surface area (Å²) in [6.45, 7) is 4.70. The van der Waals surface area contributed by atoms with Crippen molar-refractivity contribution in [3.63, 3.8) is 0 Å². The van der Waals surface area contributed by atoms with Crippen LogP contribution in [0.2, 0.25) is 0 Å². The molecular weight excluding hydrogens is 824 g/mol. The van der Waals surface area contributed by atoms with E-state index in [0.717, 1.165) is 22.7 Å². The molecule has 0 N–H and O–H groups in total. The summed E-state index contributed by atoms with van der Waals surface area (Å²) >= 11 is 0. The van der Waals surface area contributed by atoms with Gasteiger partial charge in [-0.3, -0.25) is 0 Å². The second kappa shape index (κ2) is 14.7. The molecule has 2 aromatic heterocycles. The summed E-state index contributed by atoms with van der Waals surface area (Å²) in [6, 6.07) is 87.7. The van der Waals surface area contributed by atoms with Crippen LogP contribution in [0.1, 0.15) is 25.0 Å². The van der Waals surface area contributed by atoms with Gasteiger partial charge in [0.05, 0.1) is 22.1 Å². The van der Waals surface area contributed by atoms with Gasteiger partial charge in [0, 0.05) is 72.5 Å². The van der Waals surface area contributed by atoms with Crippen molar-refractivity contribution in [1.82, 2.24) is 9.13 Å². The molecule has 4 nitrogen and oxygen atoms in total. The van der Waals surface area contributed by atoms with E-state index in [1.807, 2.05) is 0 Å². The van der Waals surface area contributed by atoms with E-state index in [0.29, 0.717) is 0 Å². The van der Waals surface area contributed by atoms with Gasteiger partial charge in [-0.2, -0.15) is 0 Å². The molecule has 10 aromatic carbocycles. The quantitative estimate of drug-likeness (QED) is 0.155. The van der Waals surface area contributed by atoms with Gasteiger partial charge in [0.2, 0.25) is 0 Å². The number of nitrogens with zero attached hydrogens (tertiary/aromatic N) is 4. The smallest absolute Gasteiger partial charge is 0.252 e. The molecule has 0 fully saturated rings. The highest BCUT2D eigenvalue weighted by atomic mass is 15.2. The fourth-order valence-corrected chi connectivity index (χ4v) is 11.7. The first-order chi connectivity index (χ1) is 33.5. The Balaban J connectivity index is 1.06. The summed E-state index contributed by atoms with van der Waals surface area (Å²) in [5.41, 5.74) is 20.2. The molecule has 68 heavy (non-hydrogen) atoms. The highest BCUT2D eigenvalue weighted by molar-refractivity contribution is 7.00. The van der Waals surface area contributed by atoms with Gasteiger partial charge in [-0.1, -0.05) is 153 Å². The summed E-state index contributed by atoms with van der Waals surface area (Å²) < 4.78 is 4.87. The normalized spacial score (nSPS) is 13.1. The summed E-state index contributed by atoms with van der Waals surface area (Å²) in [6.07, 6.45) is 0. The van der Waals surface area contributed by atoms with Gasteiger partial charge in [0.15, 0.2) is 0 Å². The lowest BCUT2D eigenvalue weighted by Crippen LogP contribution is -2.61. The zero-order chi connectivity index (χ0) is 45.1. The molecule has 0 amide bonds. The molecular formula is C63H45BN4. The number of para-hydroxylation sites is 6. The minimum atomic E-state index is -0.311. The lowest BCUT2D eigenvalue weighted by atomic mass is 9.33. The predicted molar refractivity (Wildman–Crippen MR) is 288 cm³/mol. The third kappa shape index (κ3) is 5.56. The van der Waals surface area contributed by atoms with Gasteiger partial charge in [0.25, 0.3) is 6.71 Å². The molecule has 320 valence electrons. The molecule has 2 aliphatic heterocycles. The lowest BCUT2D eigenvalue weighted by Gasteiger charge is -2.45. The van der Waals surface area contributed by atoms with E-state index in [2.05, 4.69) is 269 Å². The molecule has 0 saturated heterocycles. The molecule has 12 aromatic rings. The minimum absolute atomic E-state index is 0.0405. The third-order valence-electron chi connectivity index (χ3n) is 15.0. The van der Waals surface area contributed by atoms with Gasteiger partial charge < -0.3 is 18.9 Å². The van der Waals surface area contributed by atoms with Crippen LogP contribution >= 0.6 is 0 Å². The van der Waals surface area contributed by atoms with E-state index in [1.165, 1.54) is 93.9 Å². The average molecular weight is 869 g/mol. The predicted octanol–water partition coefficient (Wildman–Crippen LogP) is 14.3. The second-order valence-corrected chi connectivity index (χ2v) is 18.9. The first-order valence-corrected chi connectivity index (χ1v) is 23.7. The molecule has 0 aliphatic carbocycles. The van der Waals surface area contributed by atoms with Crippen LogP contribution < -0.4 is 26.2 Å². The van der Waals surface area contributed by atoms with Crippen LogP contribution in [-0.4, -0.2) is 15.8 Å². The van der Waals surface area contributed by atoms with E-state index < -0.39 is 0 Å². The first-order valence-electron chi connectivity index (χ1n) is 23.7. The maximum absolute atomic E-state index is 2.55. The molecule has 14 rings (SSSR count). The number of rotatable bonds is 6. The van der Waals surface area contributed by atoms with Crippen LogP contribution in [0.3, 0.4) is 0 Å². The summed E-state index contributed by atoms with van der Waals surface area (Å²) in [5.74, 6) is 0. The number of benzene rings is 10. The maximum atomic E-state index is 2.55. The Morgan fingerprint density at radius 1 is 0.309 bits per heavy atom. The Morgan fingerprint density at radius 3 is 1.28 bits per heavy atom. The molecule has 0 unspecified atom stereocenters. The van der Waals surface area contributed by atoms with Gasteiger partial charge in [-0.05, 0) is 125 Å². The SMILES string of the molecule is CC(C)(c1ccccc1)c1cc2c3c(c1)N(c1ccc(-n4c5ccccc5c5ccccc54)cc1)c1ccc(-n4c5ccccc5c5ccccc54)cc1B3c1ccccc1N2c1ccccc1. The van der Waals surface area contributed by atoms with Crippen molar-refractivity contribution >= 4 is 101 Å². The van der Waals surface area contributed by atoms with Crippen LogP contribution in [0.15, 0.2) is 237 Å². The zero-order valence-electron chi connectivity index (χ0n) is 37.9. The van der Waals surface area contributed by atoms with Crippen molar-refractivity contribution in [2.24, 2.45) is 0 Å². The second-order valence-electron chi connectivity index (χ2n) is 18.9. The molecule has 0 radical (unpaired) electrons. The fourth-order valence-electron chi connectivity index (χ4n) is 11.7. The third-order valence-corrected chi connectivity index (χ3v) is 15.0. The molecule has 0 saturated carbocycles. The van der Waals surface area contributed by atoms with E-state index in [9.17, 15) is 0 Å². The summed E-state index contributed by atoms with van der Waals surface area (Å²) in [4.78, 5) is 5.07. The largest absolute Gasteiger partial charge is 0.311 e. The Bertz CT molecular complexity index is 3850. The van der Waals surface area contributed by atoms with Crippen molar-refractivity contribution in [2.75, 3.05) is 9.80 Å². The standard InChI is InChI=1S/C63H45BN4/c1-63(2,42-19-5-3-6-20-42)43-39-60-62-61(40-43)67(46-35-33-45(34-36-46)65-54-28-14-9-23-48(54)49-24-10-15-29-55(49)65)59-38-37-47(68-56-30-16-11-25-50(56)51-26-12-17-31-57(51)68)41-53(59)64(62)52-27-13-18-32-58(52)66(60)44-21-7-4-8-22-44/h3-41H,1-2H3. The van der Waals surface area contributed by atoms with Crippen LogP contribution in [0.25, 0.3) is 55.0 Å². The maximum Gasteiger partial charge on any atom is 0.252 e. The van der Waals surface area contributed by atoms with Crippen molar-refractivity contribution in [3.05, 3.63) is 248 Å². The van der Waals surface area contributed by atoms with Crippen molar-refractivity contribution in [3.8, 4) is 11.4 Å². The van der Waals surface area contributed by atoms with Gasteiger partial charge in [-0.15, -0.1) is 0 Å². The van der Waals surface area contributed by atoms with Crippen LogP contribution in [-0.2, 0) is 5.41 Å². The average Bonchev–Trinajstić information content (AvgIpc) is 3.92. The highest BCUT2D eigenvalue weighted by Crippen LogP contribution is 2.48. The zero-order valence-corrected chi connectivity index (χ0v) is 37.9. The molecule has 0 spiro atoms. The first kappa shape index (κ1) is 38.7. The number of fused-ring (bicyclic) bond motifs is 10. The number of hydrogen-bond donors (Lipinski definition) is 0. The molecule has 0 bridgehead atoms. The van der Waals surface area contributed by atoms with E-state index >= 15 is 0 Å². The monoisotopic (exact) mass is 868 g/mol. The van der Waals surface area contributed by atoms with Gasteiger partial charge in [-0.25, -0.2) is 0 Å². The highest BCUT2D eigenvalue weighted by Gasteiger charge is 2.44. The molecule has 2 aliphatic rings. The summed E-state index contributed by atoms with van der Waals surface area (Å²) in [7, 11) is 0. The lowest BCUT2D eigenvalue weighted by molar-refractivity contribution is 0.641. The topological polar surface area (TPSA) is 16.3 Å². The van der Waals surface area contributed by atoms with Crippen LogP contribution in [0.5, 0.6) is 0 Å². The minimum Gasteiger partial charge on any atom is -0.311 e. The number of aromatic nitrogens is 2. The Hall–Kier alpha value is -8.54. The van der Waals surface area contributed by atoms with Gasteiger partial charge in [0.1, 0.15) is 0 Å². The van der Waals surface area contributed by atoms with E-state index in [1.54, 1.807) is 0 Å². The van der Waals surface area contributed by atoms with Crippen molar-refractivity contribution in [2.45, 2.75) is 19.3 Å². The number of anilines is 6. The fraction of sp³-hybridized carbons (Fsp3) is 0.0476. The molecule has 0 atom stereocenters. The molecule has 5 heteroatoms. The van der Waals surface area contributed by atoms with Crippen LogP contribution in [0.4, 0.5) is 34.1 Å². The Kier molecular flexibility index (Phi) is 8.39. The van der Waals surface area contributed by atoms with Crippen molar-refractivity contribution in [1.29, 1.82) is 0 Å². The van der Waals surface area contributed by atoms with E-state index in [4.69, 9.17) is 0 Å². The Labute approximate surface area is 396 Å². The van der Waals surface area contributed by atoms with Gasteiger partial charge >= 0.3 is 0 Å². The Morgan fingerprint density at radius 2 is 0.721 bits per heavy atom. The number of hydrogen-bond acceptors (Lipinski definition) is 2. The van der Waals surface area contributed by atoms with Crippen molar-refractivity contribution < 1.29 is 0 Å². The summed E-state index contributed by atoms with van der Waals surface area (Å²) in [5, 5.41) is 5.03.